The molecule has 0 spiro atoms. The molecule has 11 nitrogen and oxygen atoms in total. The lowest BCUT2D eigenvalue weighted by Crippen LogP contribution is -2.16. The summed E-state index contributed by atoms with van der Waals surface area (Å²) in [6.45, 7) is 0.431. The number of carboxylic acids is 2. The first-order valence-corrected chi connectivity index (χ1v) is 5.68. The Labute approximate surface area is 117 Å². The van der Waals surface area contributed by atoms with Crippen LogP contribution in [0.15, 0.2) is 0 Å². The summed E-state index contributed by atoms with van der Waals surface area (Å²) in [5.41, 5.74) is -2.77. The van der Waals surface area contributed by atoms with Crippen molar-refractivity contribution in [1.29, 1.82) is 0 Å². The van der Waals surface area contributed by atoms with Crippen LogP contribution in [0.2, 0.25) is 0 Å². The van der Waals surface area contributed by atoms with Gasteiger partial charge in [0.1, 0.15) is 0 Å². The molecular formula is C10H13N3O8. The fourth-order valence-electron chi connectivity index (χ4n) is 1.54. The second-order valence-corrected chi connectivity index (χ2v) is 3.74. The number of nitrogens with zero attached hydrogens (tertiary/aromatic N) is 3. The molecule has 0 aliphatic rings. The molecule has 1 rings (SSSR count). The third kappa shape index (κ3) is 3.97. The number of ether oxygens (including phenoxy) is 2. The maximum Gasteiger partial charge on any atom is 0.363 e. The van der Waals surface area contributed by atoms with Crippen molar-refractivity contribution in [3.05, 3.63) is 21.5 Å². The predicted octanol–water partition coefficient (Wildman–Crippen LogP) is -0.149. The number of aromatic nitrogens is 2. The Bertz CT molecular complexity index is 553. The zero-order chi connectivity index (χ0) is 16.0. The Morgan fingerprint density at radius 1 is 1.29 bits per heavy atom. The highest BCUT2D eigenvalue weighted by atomic mass is 16.6. The maximum atomic E-state index is 11.1. The van der Waals surface area contributed by atoms with Crippen LogP contribution in [-0.2, 0) is 16.0 Å². The van der Waals surface area contributed by atoms with Gasteiger partial charge in [-0.25, -0.2) is 14.3 Å². The van der Waals surface area contributed by atoms with Gasteiger partial charge in [0.2, 0.25) is 11.4 Å². The van der Waals surface area contributed by atoms with Crippen LogP contribution in [0, 0.1) is 10.1 Å². The monoisotopic (exact) mass is 303 g/mol. The molecule has 1 heterocycles. The van der Waals surface area contributed by atoms with Crippen LogP contribution in [0.5, 0.6) is 0 Å². The van der Waals surface area contributed by atoms with Crippen molar-refractivity contribution in [2.24, 2.45) is 0 Å². The van der Waals surface area contributed by atoms with E-state index in [1.807, 2.05) is 0 Å². The highest BCUT2D eigenvalue weighted by molar-refractivity contribution is 5.98. The molecule has 0 unspecified atom stereocenters. The quantitative estimate of drug-likeness (QED) is 0.360. The molecular weight excluding hydrogens is 290 g/mol. The van der Waals surface area contributed by atoms with Crippen molar-refractivity contribution in [3.8, 4) is 0 Å². The van der Waals surface area contributed by atoms with E-state index < -0.39 is 33.9 Å². The molecule has 116 valence electrons. The van der Waals surface area contributed by atoms with E-state index in [0.29, 0.717) is 6.61 Å². The summed E-state index contributed by atoms with van der Waals surface area (Å²) in [4.78, 5) is 31.8. The van der Waals surface area contributed by atoms with Gasteiger partial charge in [0.15, 0.2) is 0 Å². The maximum absolute atomic E-state index is 11.1. The molecule has 0 aromatic carbocycles. The number of aromatic carboxylic acids is 2. The van der Waals surface area contributed by atoms with Crippen molar-refractivity contribution in [2.45, 2.75) is 6.54 Å². The third-order valence-electron chi connectivity index (χ3n) is 2.39. The predicted molar refractivity (Wildman–Crippen MR) is 65.5 cm³/mol. The zero-order valence-corrected chi connectivity index (χ0v) is 11.0. The van der Waals surface area contributed by atoms with Gasteiger partial charge in [-0.1, -0.05) is 0 Å². The molecule has 0 atom stereocenters. The minimum absolute atomic E-state index is 0.00152. The number of hydrogen-bond acceptors (Lipinski definition) is 7. The van der Waals surface area contributed by atoms with Crippen LogP contribution < -0.4 is 0 Å². The molecule has 0 aliphatic carbocycles. The Hall–Kier alpha value is -2.53. The number of hydrogen-bond donors (Lipinski definition) is 2. The van der Waals surface area contributed by atoms with Gasteiger partial charge >= 0.3 is 17.6 Å². The molecule has 0 radical (unpaired) electrons. The summed E-state index contributed by atoms with van der Waals surface area (Å²) in [5, 5.41) is 32.2. The lowest BCUT2D eigenvalue weighted by molar-refractivity contribution is -0.385. The lowest BCUT2D eigenvalue weighted by atomic mass is 10.3. The number of nitro groups is 1. The minimum Gasteiger partial charge on any atom is -0.476 e. The van der Waals surface area contributed by atoms with Gasteiger partial charge in [-0.3, -0.25) is 10.1 Å². The highest BCUT2D eigenvalue weighted by Crippen LogP contribution is 2.23. The van der Waals surface area contributed by atoms with E-state index in [1.165, 1.54) is 7.11 Å². The van der Waals surface area contributed by atoms with Crippen molar-refractivity contribution < 1.29 is 34.2 Å². The van der Waals surface area contributed by atoms with Gasteiger partial charge in [-0.2, -0.15) is 5.10 Å². The number of methoxy groups -OCH3 is 1. The third-order valence-corrected chi connectivity index (χ3v) is 2.39. The summed E-state index contributed by atoms with van der Waals surface area (Å²) in [6.07, 6.45) is 0. The summed E-state index contributed by atoms with van der Waals surface area (Å²) in [7, 11) is 1.47. The number of rotatable bonds is 9. The Morgan fingerprint density at radius 2 is 1.95 bits per heavy atom. The van der Waals surface area contributed by atoms with E-state index in [4.69, 9.17) is 19.7 Å². The normalized spacial score (nSPS) is 10.5. The van der Waals surface area contributed by atoms with Crippen LogP contribution in [0.3, 0.4) is 0 Å². The average molecular weight is 303 g/mol. The van der Waals surface area contributed by atoms with E-state index in [2.05, 4.69) is 5.10 Å². The molecule has 0 fully saturated rings. The van der Waals surface area contributed by atoms with E-state index in [0.717, 1.165) is 4.68 Å². The molecule has 0 saturated heterocycles. The van der Waals surface area contributed by atoms with Gasteiger partial charge < -0.3 is 19.7 Å². The molecule has 0 aliphatic heterocycles. The van der Waals surface area contributed by atoms with Crippen LogP contribution >= 0.6 is 0 Å². The average Bonchev–Trinajstić information content (AvgIpc) is 2.78. The van der Waals surface area contributed by atoms with Crippen molar-refractivity contribution in [3.63, 3.8) is 0 Å². The van der Waals surface area contributed by atoms with Crippen LogP contribution in [0.1, 0.15) is 21.0 Å². The standard InChI is InChI=1S/C10H13N3O8/c1-20-4-5-21-3-2-12-8(10(16)17)7(13(18)19)6(11-12)9(14)15/h2-5H2,1H3,(H,14,15)(H,16,17). The second-order valence-electron chi connectivity index (χ2n) is 3.74. The van der Waals surface area contributed by atoms with E-state index in [9.17, 15) is 19.7 Å². The molecule has 0 amide bonds. The number of carbonyl (C=O) groups is 2. The lowest BCUT2D eigenvalue weighted by Gasteiger charge is -2.05. The van der Waals surface area contributed by atoms with Gasteiger partial charge in [-0.05, 0) is 0 Å². The van der Waals surface area contributed by atoms with Crippen LogP contribution in [0.25, 0.3) is 0 Å². The number of carboxylic acid groups (broad SMARTS) is 2. The topological polar surface area (TPSA) is 154 Å². The van der Waals surface area contributed by atoms with Crippen molar-refractivity contribution >= 4 is 17.6 Å². The molecule has 11 heteroatoms. The van der Waals surface area contributed by atoms with Crippen LogP contribution in [-0.4, -0.2) is 63.8 Å². The van der Waals surface area contributed by atoms with Gasteiger partial charge in [0, 0.05) is 7.11 Å². The van der Waals surface area contributed by atoms with Crippen molar-refractivity contribution in [2.75, 3.05) is 26.9 Å². The Kier molecular flexibility index (Phi) is 5.75. The Balaban J connectivity index is 3.02. The SMILES string of the molecule is COCCOCCn1nc(C(=O)O)c([N+](=O)[O-])c1C(=O)O. The van der Waals surface area contributed by atoms with E-state index in [1.54, 1.807) is 0 Å². The summed E-state index contributed by atoms with van der Waals surface area (Å²) >= 11 is 0. The summed E-state index contributed by atoms with van der Waals surface area (Å²) in [5.74, 6) is -3.32. The second kappa shape index (κ2) is 7.31. The minimum atomic E-state index is -1.68. The highest BCUT2D eigenvalue weighted by Gasteiger charge is 2.35. The Morgan fingerprint density at radius 3 is 2.43 bits per heavy atom. The van der Waals surface area contributed by atoms with Crippen molar-refractivity contribution in [1.82, 2.24) is 9.78 Å². The summed E-state index contributed by atoms with van der Waals surface area (Å²) in [6, 6.07) is 0. The fourth-order valence-corrected chi connectivity index (χ4v) is 1.54. The molecule has 0 bridgehead atoms. The molecule has 1 aromatic heterocycles. The first-order valence-electron chi connectivity index (χ1n) is 5.68. The summed E-state index contributed by atoms with van der Waals surface area (Å²) < 4.78 is 10.6. The first-order chi connectivity index (χ1) is 9.90. The smallest absolute Gasteiger partial charge is 0.363 e. The molecule has 2 N–H and O–H groups in total. The molecule has 21 heavy (non-hydrogen) atoms. The van der Waals surface area contributed by atoms with Crippen LogP contribution in [0.4, 0.5) is 5.69 Å². The van der Waals surface area contributed by atoms with E-state index >= 15 is 0 Å². The fraction of sp³-hybridized carbons (Fsp3) is 0.500. The molecule has 1 aromatic rings. The van der Waals surface area contributed by atoms with Gasteiger partial charge in [0.25, 0.3) is 0 Å². The largest absolute Gasteiger partial charge is 0.476 e. The zero-order valence-electron chi connectivity index (χ0n) is 11.0. The molecule has 0 saturated carbocycles. The van der Waals surface area contributed by atoms with E-state index in [-0.39, 0.29) is 19.8 Å². The first kappa shape index (κ1) is 16.5. The van der Waals surface area contributed by atoms with Gasteiger partial charge in [-0.15, -0.1) is 0 Å². The van der Waals surface area contributed by atoms with Gasteiger partial charge in [0.05, 0.1) is 31.3 Å².